The summed E-state index contributed by atoms with van der Waals surface area (Å²) in [6.07, 6.45) is -4.64. The molecule has 1 N–H and O–H groups in total. The number of hydrogen-bond donors (Lipinski definition) is 1. The topological polar surface area (TPSA) is 42.0 Å². The number of para-hydroxylation sites is 1. The minimum atomic E-state index is -4.64. The van der Waals surface area contributed by atoms with Gasteiger partial charge in [0.25, 0.3) is 5.91 Å². The zero-order valence-electron chi connectivity index (χ0n) is 11.1. The van der Waals surface area contributed by atoms with Gasteiger partial charge < -0.3 is 5.32 Å². The second kappa shape index (κ2) is 5.70. The van der Waals surface area contributed by atoms with Gasteiger partial charge >= 0.3 is 6.18 Å². The smallest absolute Gasteiger partial charge is 0.317 e. The third kappa shape index (κ3) is 3.21. The molecule has 0 saturated heterocycles. The number of nitrogens with one attached hydrogen (secondary N) is 1. The molecule has 1 aromatic carbocycles. The van der Waals surface area contributed by atoms with Crippen LogP contribution in [0.25, 0.3) is 0 Å². The van der Waals surface area contributed by atoms with Crippen LogP contribution in [0, 0.1) is 18.6 Å². The zero-order valence-corrected chi connectivity index (χ0v) is 11.1. The molecule has 0 aliphatic carbocycles. The first kappa shape index (κ1) is 15.9. The average molecular weight is 316 g/mol. The van der Waals surface area contributed by atoms with Crippen molar-refractivity contribution in [2.45, 2.75) is 13.1 Å². The van der Waals surface area contributed by atoms with Gasteiger partial charge in [-0.05, 0) is 31.2 Å². The Morgan fingerprint density at radius 3 is 2.18 bits per heavy atom. The Balaban J connectivity index is 2.31. The molecule has 0 bridgehead atoms. The van der Waals surface area contributed by atoms with Gasteiger partial charge in [-0.1, -0.05) is 6.07 Å². The van der Waals surface area contributed by atoms with Crippen LogP contribution in [0.1, 0.15) is 21.7 Å². The summed E-state index contributed by atoms with van der Waals surface area (Å²) >= 11 is 0. The predicted molar refractivity (Wildman–Crippen MR) is 68.3 cm³/mol. The van der Waals surface area contributed by atoms with Crippen LogP contribution in [-0.4, -0.2) is 10.9 Å². The largest absolute Gasteiger partial charge is 0.433 e. The third-order valence-corrected chi connectivity index (χ3v) is 2.82. The first-order valence-corrected chi connectivity index (χ1v) is 6.00. The Bertz CT molecular complexity index is 707. The van der Waals surface area contributed by atoms with E-state index in [2.05, 4.69) is 4.98 Å². The molecule has 0 aliphatic rings. The van der Waals surface area contributed by atoms with Gasteiger partial charge in [0.15, 0.2) is 0 Å². The first-order chi connectivity index (χ1) is 10.2. The first-order valence-electron chi connectivity index (χ1n) is 6.00. The lowest BCUT2D eigenvalue weighted by Crippen LogP contribution is -2.18. The molecule has 116 valence electrons. The van der Waals surface area contributed by atoms with E-state index in [0.29, 0.717) is 6.07 Å². The molecule has 0 unspecified atom stereocenters. The number of rotatable bonds is 2. The van der Waals surface area contributed by atoms with Crippen molar-refractivity contribution in [2.24, 2.45) is 0 Å². The highest BCUT2D eigenvalue weighted by Gasteiger charge is 2.33. The van der Waals surface area contributed by atoms with Gasteiger partial charge in [0.05, 0.1) is 11.3 Å². The summed E-state index contributed by atoms with van der Waals surface area (Å²) in [4.78, 5) is 15.2. The minimum absolute atomic E-state index is 0.205. The lowest BCUT2D eigenvalue weighted by molar-refractivity contribution is -0.141. The van der Waals surface area contributed by atoms with E-state index in [1.165, 1.54) is 6.92 Å². The molecule has 0 aliphatic heterocycles. The number of carbonyl (C=O) groups is 1. The molecule has 22 heavy (non-hydrogen) atoms. The number of carbonyl (C=O) groups excluding carboxylic acids is 1. The summed E-state index contributed by atoms with van der Waals surface area (Å²) in [5.41, 5.74) is -2.25. The number of nitrogens with zero attached hydrogens (tertiary/aromatic N) is 1. The van der Waals surface area contributed by atoms with Gasteiger partial charge in [-0.25, -0.2) is 13.8 Å². The molecule has 1 aromatic heterocycles. The standard InChI is InChI=1S/C14H9F5N2O/c1-7-8(5-6-11(20-7)14(17,18)19)13(22)21-12-9(15)3-2-4-10(12)16/h2-6H,1H3,(H,21,22). The fourth-order valence-electron chi connectivity index (χ4n) is 1.76. The summed E-state index contributed by atoms with van der Waals surface area (Å²) in [5, 5.41) is 1.98. The number of aryl methyl sites for hydroxylation is 1. The van der Waals surface area contributed by atoms with E-state index in [-0.39, 0.29) is 11.3 Å². The van der Waals surface area contributed by atoms with Crippen LogP contribution in [0.3, 0.4) is 0 Å². The summed E-state index contributed by atoms with van der Waals surface area (Å²) in [7, 11) is 0. The molecule has 1 heterocycles. The maximum atomic E-state index is 13.4. The van der Waals surface area contributed by atoms with Crippen LogP contribution >= 0.6 is 0 Å². The van der Waals surface area contributed by atoms with Crippen molar-refractivity contribution >= 4 is 11.6 Å². The van der Waals surface area contributed by atoms with Gasteiger partial charge in [-0.3, -0.25) is 4.79 Å². The fourth-order valence-corrected chi connectivity index (χ4v) is 1.76. The van der Waals surface area contributed by atoms with Gasteiger partial charge in [-0.15, -0.1) is 0 Å². The Labute approximate surface area is 121 Å². The molecule has 2 rings (SSSR count). The molecule has 0 fully saturated rings. The number of aromatic nitrogens is 1. The van der Waals surface area contributed by atoms with Crippen LogP contribution in [0.2, 0.25) is 0 Å². The maximum absolute atomic E-state index is 13.4. The molecule has 0 saturated carbocycles. The van der Waals surface area contributed by atoms with E-state index < -0.39 is 35.1 Å². The summed E-state index contributed by atoms with van der Waals surface area (Å²) in [6, 6.07) is 4.53. The van der Waals surface area contributed by atoms with Crippen LogP contribution in [0.5, 0.6) is 0 Å². The van der Waals surface area contributed by atoms with Gasteiger partial charge in [0, 0.05) is 0 Å². The molecular formula is C14H9F5N2O. The Morgan fingerprint density at radius 2 is 1.68 bits per heavy atom. The summed E-state index contributed by atoms with van der Waals surface area (Å²) in [6.45, 7) is 1.20. The maximum Gasteiger partial charge on any atom is 0.433 e. The van der Waals surface area contributed by atoms with Crippen molar-refractivity contribution in [1.82, 2.24) is 4.98 Å². The normalized spacial score (nSPS) is 11.4. The molecule has 1 amide bonds. The van der Waals surface area contributed by atoms with Crippen LogP contribution < -0.4 is 5.32 Å². The summed E-state index contributed by atoms with van der Waals surface area (Å²) < 4.78 is 64.3. The number of hydrogen-bond acceptors (Lipinski definition) is 2. The lowest BCUT2D eigenvalue weighted by Gasteiger charge is -2.11. The van der Waals surface area contributed by atoms with Crippen molar-refractivity contribution in [3.05, 3.63) is 58.9 Å². The Kier molecular flexibility index (Phi) is 4.11. The van der Waals surface area contributed by atoms with E-state index >= 15 is 0 Å². The van der Waals surface area contributed by atoms with Gasteiger partial charge in [0.2, 0.25) is 0 Å². The molecule has 0 spiro atoms. The number of halogens is 5. The van der Waals surface area contributed by atoms with Crippen molar-refractivity contribution in [3.63, 3.8) is 0 Å². The minimum Gasteiger partial charge on any atom is -0.317 e. The van der Waals surface area contributed by atoms with E-state index in [1.807, 2.05) is 5.32 Å². The van der Waals surface area contributed by atoms with Crippen molar-refractivity contribution in [1.29, 1.82) is 0 Å². The summed E-state index contributed by atoms with van der Waals surface area (Å²) in [5.74, 6) is -2.94. The quantitative estimate of drug-likeness (QED) is 0.853. The molecule has 0 radical (unpaired) electrons. The van der Waals surface area contributed by atoms with E-state index in [1.54, 1.807) is 0 Å². The second-order valence-corrected chi connectivity index (χ2v) is 4.38. The number of anilines is 1. The second-order valence-electron chi connectivity index (χ2n) is 4.38. The molecule has 3 nitrogen and oxygen atoms in total. The number of amides is 1. The fraction of sp³-hybridized carbons (Fsp3) is 0.143. The van der Waals surface area contributed by atoms with E-state index in [0.717, 1.165) is 24.3 Å². The van der Waals surface area contributed by atoms with Gasteiger partial charge in [-0.2, -0.15) is 13.2 Å². The SMILES string of the molecule is Cc1nc(C(F)(F)F)ccc1C(=O)Nc1c(F)cccc1F. The van der Waals surface area contributed by atoms with Crippen LogP contribution in [-0.2, 0) is 6.18 Å². The Hall–Kier alpha value is -2.51. The Morgan fingerprint density at radius 1 is 1.09 bits per heavy atom. The predicted octanol–water partition coefficient (Wildman–Crippen LogP) is 3.94. The van der Waals surface area contributed by atoms with E-state index in [4.69, 9.17) is 0 Å². The highest BCUT2D eigenvalue weighted by molar-refractivity contribution is 6.05. The van der Waals surface area contributed by atoms with Crippen molar-refractivity contribution < 1.29 is 26.7 Å². The van der Waals surface area contributed by atoms with Crippen molar-refractivity contribution in [3.8, 4) is 0 Å². The lowest BCUT2D eigenvalue weighted by atomic mass is 10.1. The third-order valence-electron chi connectivity index (χ3n) is 2.82. The molecule has 2 aromatic rings. The zero-order chi connectivity index (χ0) is 16.5. The van der Waals surface area contributed by atoms with Crippen LogP contribution in [0.4, 0.5) is 27.6 Å². The van der Waals surface area contributed by atoms with E-state index in [9.17, 15) is 26.7 Å². The highest BCUT2D eigenvalue weighted by Crippen LogP contribution is 2.28. The number of pyridine rings is 1. The molecule has 8 heteroatoms. The van der Waals surface area contributed by atoms with Crippen molar-refractivity contribution in [2.75, 3.05) is 5.32 Å². The average Bonchev–Trinajstić information content (AvgIpc) is 2.41. The van der Waals surface area contributed by atoms with Crippen LogP contribution in [0.15, 0.2) is 30.3 Å². The highest BCUT2D eigenvalue weighted by atomic mass is 19.4. The van der Waals surface area contributed by atoms with Gasteiger partial charge in [0.1, 0.15) is 23.0 Å². The number of alkyl halides is 3. The number of benzene rings is 1. The molecule has 0 atom stereocenters. The molecular weight excluding hydrogens is 307 g/mol. The monoisotopic (exact) mass is 316 g/mol.